The Morgan fingerprint density at radius 1 is 0.800 bits per heavy atom. The highest BCUT2D eigenvalue weighted by molar-refractivity contribution is 7.27. The topological polar surface area (TPSA) is 0 Å². The van der Waals surface area contributed by atoms with Crippen molar-refractivity contribution < 1.29 is 0 Å². The Bertz CT molecular complexity index is 318. The summed E-state index contributed by atoms with van der Waals surface area (Å²) in [4.78, 5) is 0. The van der Waals surface area contributed by atoms with Gasteiger partial charge >= 0.3 is 0 Å². The van der Waals surface area contributed by atoms with Gasteiger partial charge in [-0.15, -0.1) is 9.24 Å². The third kappa shape index (κ3) is 2.82. The standard InChI is InChI=1S/C14H23P/c1-13(2,3)10-8-7-9-11(12(10)15)14(4,5)6/h7-9H,15H2,1-6H3. The van der Waals surface area contributed by atoms with E-state index in [1.165, 1.54) is 16.4 Å². The number of benzene rings is 1. The predicted octanol–water partition coefficient (Wildman–Crippen LogP) is 3.78. The van der Waals surface area contributed by atoms with E-state index in [1.54, 1.807) is 0 Å². The van der Waals surface area contributed by atoms with Gasteiger partial charge in [0.15, 0.2) is 0 Å². The fraction of sp³-hybridized carbons (Fsp3) is 0.571. The van der Waals surface area contributed by atoms with Crippen molar-refractivity contribution in [1.29, 1.82) is 0 Å². The second-order valence-corrected chi connectivity index (χ2v) is 6.84. The lowest BCUT2D eigenvalue weighted by Crippen LogP contribution is -2.26. The molecule has 0 spiro atoms. The minimum atomic E-state index is 0.221. The molecule has 1 aromatic carbocycles. The van der Waals surface area contributed by atoms with Crippen molar-refractivity contribution in [3.05, 3.63) is 29.3 Å². The van der Waals surface area contributed by atoms with Crippen molar-refractivity contribution in [2.24, 2.45) is 0 Å². The quantitative estimate of drug-likeness (QED) is 0.586. The molecule has 0 aromatic heterocycles. The fourth-order valence-electron chi connectivity index (χ4n) is 1.87. The largest absolute Gasteiger partial charge is 0.105 e. The summed E-state index contributed by atoms with van der Waals surface area (Å²) in [6.07, 6.45) is 0. The Morgan fingerprint density at radius 3 is 1.40 bits per heavy atom. The zero-order valence-corrected chi connectivity index (χ0v) is 12.0. The normalized spacial score (nSPS) is 13.0. The van der Waals surface area contributed by atoms with Crippen molar-refractivity contribution in [3.63, 3.8) is 0 Å². The summed E-state index contributed by atoms with van der Waals surface area (Å²) in [5, 5.41) is 1.37. The molecule has 15 heavy (non-hydrogen) atoms. The zero-order chi connectivity index (χ0) is 11.9. The Kier molecular flexibility index (Phi) is 3.31. The van der Waals surface area contributed by atoms with Crippen LogP contribution in [0.3, 0.4) is 0 Å². The van der Waals surface area contributed by atoms with E-state index < -0.39 is 0 Å². The first-order valence-electron chi connectivity index (χ1n) is 5.53. The molecule has 0 amide bonds. The minimum Gasteiger partial charge on any atom is -0.105 e. The average Bonchev–Trinajstić information content (AvgIpc) is 1.99. The molecule has 1 aromatic rings. The fourth-order valence-corrected chi connectivity index (χ4v) is 2.93. The average molecular weight is 222 g/mol. The molecule has 0 saturated carbocycles. The summed E-state index contributed by atoms with van der Waals surface area (Å²) in [6.45, 7) is 13.6. The van der Waals surface area contributed by atoms with Crippen LogP contribution in [0.2, 0.25) is 0 Å². The second-order valence-electron chi connectivity index (χ2n) is 6.27. The SMILES string of the molecule is CC(C)(C)c1cccc(C(C)(C)C)c1P. The van der Waals surface area contributed by atoms with Crippen molar-refractivity contribution in [2.75, 3.05) is 0 Å². The maximum Gasteiger partial charge on any atom is -0.0126 e. The molecule has 1 atom stereocenters. The Labute approximate surface area is 96.7 Å². The summed E-state index contributed by atoms with van der Waals surface area (Å²) >= 11 is 0. The zero-order valence-electron chi connectivity index (χ0n) is 10.8. The van der Waals surface area contributed by atoms with Crippen LogP contribution in [-0.2, 0) is 10.8 Å². The molecule has 0 N–H and O–H groups in total. The molecular formula is C14H23P. The van der Waals surface area contributed by atoms with E-state index in [9.17, 15) is 0 Å². The summed E-state index contributed by atoms with van der Waals surface area (Å²) in [5.74, 6) is 0. The van der Waals surface area contributed by atoms with Gasteiger partial charge in [-0.3, -0.25) is 0 Å². The van der Waals surface area contributed by atoms with Gasteiger partial charge < -0.3 is 0 Å². The van der Waals surface area contributed by atoms with Gasteiger partial charge in [-0.2, -0.15) is 0 Å². The highest BCUT2D eigenvalue weighted by Gasteiger charge is 2.22. The van der Waals surface area contributed by atoms with Crippen LogP contribution >= 0.6 is 9.24 Å². The Morgan fingerprint density at radius 2 is 1.13 bits per heavy atom. The van der Waals surface area contributed by atoms with Crippen molar-refractivity contribution in [1.82, 2.24) is 0 Å². The monoisotopic (exact) mass is 222 g/mol. The molecule has 0 fully saturated rings. The highest BCUT2D eigenvalue weighted by atomic mass is 31.0. The van der Waals surface area contributed by atoms with Gasteiger partial charge in [0.25, 0.3) is 0 Å². The van der Waals surface area contributed by atoms with Crippen LogP contribution in [0.15, 0.2) is 18.2 Å². The van der Waals surface area contributed by atoms with E-state index in [0.717, 1.165) is 0 Å². The van der Waals surface area contributed by atoms with Gasteiger partial charge in [-0.1, -0.05) is 59.7 Å². The van der Waals surface area contributed by atoms with Crippen LogP contribution in [0, 0.1) is 0 Å². The first kappa shape index (κ1) is 12.7. The maximum absolute atomic E-state index is 2.92. The van der Waals surface area contributed by atoms with E-state index in [4.69, 9.17) is 0 Å². The molecular weight excluding hydrogens is 199 g/mol. The number of rotatable bonds is 0. The van der Waals surface area contributed by atoms with Crippen LogP contribution in [0.25, 0.3) is 0 Å². The third-order valence-electron chi connectivity index (χ3n) is 2.72. The molecule has 0 saturated heterocycles. The van der Waals surface area contributed by atoms with Crippen LogP contribution in [0.4, 0.5) is 0 Å². The van der Waals surface area contributed by atoms with E-state index >= 15 is 0 Å². The lowest BCUT2D eigenvalue weighted by molar-refractivity contribution is 0.576. The lowest BCUT2D eigenvalue weighted by Gasteiger charge is -2.28. The number of hydrogen-bond donors (Lipinski definition) is 0. The minimum absolute atomic E-state index is 0.221. The Balaban J connectivity index is 3.37. The first-order valence-corrected chi connectivity index (χ1v) is 6.11. The summed E-state index contributed by atoms with van der Waals surface area (Å²) in [6, 6.07) is 6.64. The third-order valence-corrected chi connectivity index (χ3v) is 3.34. The molecule has 1 unspecified atom stereocenters. The smallest absolute Gasteiger partial charge is 0.0126 e. The molecule has 0 heterocycles. The first-order chi connectivity index (χ1) is 6.64. The van der Waals surface area contributed by atoms with Gasteiger partial charge in [0.05, 0.1) is 0 Å². The van der Waals surface area contributed by atoms with Crippen LogP contribution in [0.5, 0.6) is 0 Å². The van der Waals surface area contributed by atoms with E-state index in [-0.39, 0.29) is 10.8 Å². The molecule has 84 valence electrons. The maximum atomic E-state index is 2.92. The molecule has 0 aliphatic carbocycles. The predicted molar refractivity (Wildman–Crippen MR) is 73.2 cm³/mol. The van der Waals surface area contributed by atoms with Gasteiger partial charge in [0, 0.05) is 0 Å². The molecule has 1 heteroatoms. The number of hydrogen-bond acceptors (Lipinski definition) is 0. The molecule has 0 radical (unpaired) electrons. The van der Waals surface area contributed by atoms with E-state index in [2.05, 4.69) is 69.0 Å². The summed E-state index contributed by atoms with van der Waals surface area (Å²) < 4.78 is 0. The van der Waals surface area contributed by atoms with Crippen LogP contribution < -0.4 is 5.30 Å². The molecule has 0 nitrogen and oxygen atoms in total. The van der Waals surface area contributed by atoms with Crippen LogP contribution in [-0.4, -0.2) is 0 Å². The van der Waals surface area contributed by atoms with Gasteiger partial charge in [0.2, 0.25) is 0 Å². The molecule has 0 aliphatic heterocycles. The van der Waals surface area contributed by atoms with Crippen LogP contribution in [0.1, 0.15) is 52.7 Å². The summed E-state index contributed by atoms with van der Waals surface area (Å²) in [5.41, 5.74) is 3.30. The molecule has 1 rings (SSSR count). The van der Waals surface area contributed by atoms with Gasteiger partial charge in [-0.05, 0) is 27.3 Å². The Hall–Kier alpha value is -0.350. The molecule has 0 bridgehead atoms. The highest BCUT2D eigenvalue weighted by Crippen LogP contribution is 2.28. The summed E-state index contributed by atoms with van der Waals surface area (Å²) in [7, 11) is 2.92. The van der Waals surface area contributed by atoms with Crippen molar-refractivity contribution >= 4 is 14.5 Å². The second kappa shape index (κ2) is 3.91. The lowest BCUT2D eigenvalue weighted by atomic mass is 9.80. The van der Waals surface area contributed by atoms with Crippen molar-refractivity contribution in [2.45, 2.75) is 52.4 Å². The van der Waals surface area contributed by atoms with E-state index in [1.807, 2.05) is 0 Å². The van der Waals surface area contributed by atoms with Gasteiger partial charge in [-0.25, -0.2) is 0 Å². The van der Waals surface area contributed by atoms with Crippen molar-refractivity contribution in [3.8, 4) is 0 Å². The van der Waals surface area contributed by atoms with E-state index in [0.29, 0.717) is 0 Å². The molecule has 0 aliphatic rings. The van der Waals surface area contributed by atoms with Gasteiger partial charge in [0.1, 0.15) is 0 Å².